The summed E-state index contributed by atoms with van der Waals surface area (Å²) in [4.78, 5) is 14.3. The van der Waals surface area contributed by atoms with Gasteiger partial charge in [-0.2, -0.15) is 0 Å². The van der Waals surface area contributed by atoms with Crippen molar-refractivity contribution >= 4 is 11.6 Å². The summed E-state index contributed by atoms with van der Waals surface area (Å²) in [5.41, 5.74) is 0.858. The van der Waals surface area contributed by atoms with Crippen LogP contribution in [0.3, 0.4) is 0 Å². The van der Waals surface area contributed by atoms with Crippen molar-refractivity contribution in [1.29, 1.82) is 0 Å². The fourth-order valence-electron chi connectivity index (χ4n) is 2.94. The Balaban J connectivity index is 1.57. The quantitative estimate of drug-likeness (QED) is 0.915. The molecule has 0 aromatic heterocycles. The molecule has 2 atom stereocenters. The summed E-state index contributed by atoms with van der Waals surface area (Å²) >= 11 is 0. The Morgan fingerprint density at radius 2 is 2.27 bits per heavy atom. The largest absolute Gasteiger partial charge is 0.376 e. The molecule has 2 fully saturated rings. The first-order valence-corrected chi connectivity index (χ1v) is 7.72. The molecule has 1 amide bonds. The van der Waals surface area contributed by atoms with Crippen LogP contribution in [0.25, 0.3) is 0 Å². The maximum atomic E-state index is 13.3. The Morgan fingerprint density at radius 1 is 1.36 bits per heavy atom. The summed E-state index contributed by atoms with van der Waals surface area (Å²) in [7, 11) is 0. The number of nitrogens with one attached hydrogen (secondary N) is 1. The molecule has 0 radical (unpaired) electrons. The van der Waals surface area contributed by atoms with Crippen molar-refractivity contribution in [3.05, 3.63) is 30.1 Å². The third-order valence-electron chi connectivity index (χ3n) is 4.05. The van der Waals surface area contributed by atoms with Crippen molar-refractivity contribution in [3.8, 4) is 0 Å². The standard InChI is InChI=1S/C16H21FN2O3/c17-12-3-1-5-14(9-12)19-6-2-4-13(10-19)18-16(20)15-11-21-7-8-22-15/h1,3,5,9,13,15H,2,4,6-8,10-11H2,(H,18,20)/t13-,15-/m0/s1. The lowest BCUT2D eigenvalue weighted by molar-refractivity contribution is -0.148. The average molecular weight is 308 g/mol. The van der Waals surface area contributed by atoms with Gasteiger partial charge in [0.2, 0.25) is 0 Å². The number of hydrogen-bond acceptors (Lipinski definition) is 4. The smallest absolute Gasteiger partial charge is 0.251 e. The van der Waals surface area contributed by atoms with Crippen molar-refractivity contribution in [2.75, 3.05) is 37.8 Å². The van der Waals surface area contributed by atoms with E-state index in [-0.39, 0.29) is 17.8 Å². The lowest BCUT2D eigenvalue weighted by Gasteiger charge is -2.35. The maximum Gasteiger partial charge on any atom is 0.251 e. The molecule has 2 aliphatic rings. The lowest BCUT2D eigenvalue weighted by Crippen LogP contribution is -2.52. The van der Waals surface area contributed by atoms with Crippen molar-refractivity contribution in [2.24, 2.45) is 0 Å². The van der Waals surface area contributed by atoms with Gasteiger partial charge in [-0.05, 0) is 31.0 Å². The van der Waals surface area contributed by atoms with Gasteiger partial charge in [0.1, 0.15) is 5.82 Å². The molecule has 120 valence electrons. The molecule has 5 nitrogen and oxygen atoms in total. The molecule has 6 heteroatoms. The number of ether oxygens (including phenoxy) is 2. The van der Waals surface area contributed by atoms with E-state index in [9.17, 15) is 9.18 Å². The average Bonchev–Trinajstić information content (AvgIpc) is 2.56. The van der Waals surface area contributed by atoms with Crippen LogP contribution in [-0.4, -0.2) is 51.0 Å². The molecule has 22 heavy (non-hydrogen) atoms. The minimum atomic E-state index is -0.515. The highest BCUT2D eigenvalue weighted by molar-refractivity contribution is 5.81. The molecule has 0 aliphatic carbocycles. The van der Waals surface area contributed by atoms with E-state index in [1.165, 1.54) is 12.1 Å². The second-order valence-electron chi connectivity index (χ2n) is 5.71. The number of carbonyl (C=O) groups is 1. The zero-order chi connectivity index (χ0) is 15.4. The fourth-order valence-corrected chi connectivity index (χ4v) is 2.94. The van der Waals surface area contributed by atoms with Gasteiger partial charge in [-0.25, -0.2) is 4.39 Å². The summed E-state index contributed by atoms with van der Waals surface area (Å²) in [5.74, 6) is -0.359. The SMILES string of the molecule is O=C(N[C@H]1CCCN(c2cccc(F)c2)C1)[C@@H]1COCCO1. The maximum absolute atomic E-state index is 13.3. The number of carbonyl (C=O) groups excluding carboxylic acids is 1. The van der Waals surface area contributed by atoms with Crippen LogP contribution in [0.15, 0.2) is 24.3 Å². The van der Waals surface area contributed by atoms with Gasteiger partial charge < -0.3 is 19.7 Å². The Morgan fingerprint density at radius 3 is 3.05 bits per heavy atom. The summed E-state index contributed by atoms with van der Waals surface area (Å²) < 4.78 is 24.0. The van der Waals surface area contributed by atoms with Gasteiger partial charge in [-0.1, -0.05) is 6.07 Å². The van der Waals surface area contributed by atoms with Crippen LogP contribution in [0.1, 0.15) is 12.8 Å². The number of piperidine rings is 1. The normalized spacial score (nSPS) is 25.8. The molecule has 0 spiro atoms. The van der Waals surface area contributed by atoms with Crippen molar-refractivity contribution in [2.45, 2.75) is 25.0 Å². The molecule has 1 aromatic carbocycles. The summed E-state index contributed by atoms with van der Waals surface area (Å²) in [6.45, 7) is 2.87. The van der Waals surface area contributed by atoms with Crippen LogP contribution in [0.5, 0.6) is 0 Å². The second kappa shape index (κ2) is 7.07. The van der Waals surface area contributed by atoms with Crippen LogP contribution < -0.4 is 10.2 Å². The summed E-state index contributed by atoms with van der Waals surface area (Å²) in [5, 5.41) is 3.02. The third-order valence-corrected chi connectivity index (χ3v) is 4.05. The van der Waals surface area contributed by atoms with Crippen LogP contribution in [0, 0.1) is 5.82 Å². The van der Waals surface area contributed by atoms with Crippen LogP contribution in [0.4, 0.5) is 10.1 Å². The van der Waals surface area contributed by atoms with Gasteiger partial charge in [-0.15, -0.1) is 0 Å². The molecule has 2 saturated heterocycles. The molecular formula is C16H21FN2O3. The number of hydrogen-bond donors (Lipinski definition) is 1. The fraction of sp³-hybridized carbons (Fsp3) is 0.562. The van der Waals surface area contributed by atoms with E-state index in [4.69, 9.17) is 9.47 Å². The first-order chi connectivity index (χ1) is 10.7. The predicted molar refractivity (Wildman–Crippen MR) is 80.3 cm³/mol. The van der Waals surface area contributed by atoms with E-state index in [0.717, 1.165) is 25.1 Å². The molecule has 3 rings (SSSR count). The van der Waals surface area contributed by atoms with E-state index in [2.05, 4.69) is 10.2 Å². The summed E-state index contributed by atoms with van der Waals surface area (Å²) in [6.07, 6.45) is 1.37. The summed E-state index contributed by atoms with van der Waals surface area (Å²) in [6, 6.07) is 6.62. The van der Waals surface area contributed by atoms with E-state index in [1.807, 2.05) is 6.07 Å². The number of anilines is 1. The highest BCUT2D eigenvalue weighted by Gasteiger charge is 2.27. The first-order valence-electron chi connectivity index (χ1n) is 7.72. The molecule has 0 saturated carbocycles. The van der Waals surface area contributed by atoms with Crippen molar-refractivity contribution in [1.82, 2.24) is 5.32 Å². The number of halogens is 1. The minimum Gasteiger partial charge on any atom is -0.376 e. The molecule has 0 bridgehead atoms. The monoisotopic (exact) mass is 308 g/mol. The Kier molecular flexibility index (Phi) is 4.90. The zero-order valence-corrected chi connectivity index (χ0v) is 12.5. The van der Waals surface area contributed by atoms with Gasteiger partial charge in [0.05, 0.1) is 19.8 Å². The zero-order valence-electron chi connectivity index (χ0n) is 12.5. The topological polar surface area (TPSA) is 50.8 Å². The van der Waals surface area contributed by atoms with Gasteiger partial charge in [0.15, 0.2) is 6.10 Å². The van der Waals surface area contributed by atoms with Crippen LogP contribution >= 0.6 is 0 Å². The molecule has 0 unspecified atom stereocenters. The Labute approximate surface area is 129 Å². The lowest BCUT2D eigenvalue weighted by atomic mass is 10.0. The predicted octanol–water partition coefficient (Wildman–Crippen LogP) is 1.33. The van der Waals surface area contributed by atoms with E-state index < -0.39 is 6.10 Å². The third kappa shape index (κ3) is 3.75. The van der Waals surface area contributed by atoms with Gasteiger partial charge in [-0.3, -0.25) is 4.79 Å². The van der Waals surface area contributed by atoms with Gasteiger partial charge >= 0.3 is 0 Å². The van der Waals surface area contributed by atoms with Crippen molar-refractivity contribution < 1.29 is 18.7 Å². The van der Waals surface area contributed by atoms with Crippen LogP contribution in [-0.2, 0) is 14.3 Å². The van der Waals surface area contributed by atoms with Crippen molar-refractivity contribution in [3.63, 3.8) is 0 Å². The Hall–Kier alpha value is -1.66. The van der Waals surface area contributed by atoms with E-state index >= 15 is 0 Å². The van der Waals surface area contributed by atoms with Gasteiger partial charge in [0.25, 0.3) is 5.91 Å². The first kappa shape index (κ1) is 15.2. The molecule has 1 aromatic rings. The minimum absolute atomic E-state index is 0.0510. The van der Waals surface area contributed by atoms with Crippen LogP contribution in [0.2, 0.25) is 0 Å². The molecular weight excluding hydrogens is 287 g/mol. The second-order valence-corrected chi connectivity index (χ2v) is 5.71. The van der Waals surface area contributed by atoms with Gasteiger partial charge in [0, 0.05) is 24.8 Å². The molecule has 2 aliphatic heterocycles. The number of amides is 1. The Bertz CT molecular complexity index is 520. The molecule has 1 N–H and O–H groups in total. The molecule has 2 heterocycles. The highest BCUT2D eigenvalue weighted by atomic mass is 19.1. The number of rotatable bonds is 3. The number of benzene rings is 1. The highest BCUT2D eigenvalue weighted by Crippen LogP contribution is 2.21. The van der Waals surface area contributed by atoms with E-state index in [1.54, 1.807) is 6.07 Å². The number of nitrogens with zero attached hydrogens (tertiary/aromatic N) is 1. The van der Waals surface area contributed by atoms with E-state index in [0.29, 0.717) is 26.4 Å².